The second-order valence-electron chi connectivity index (χ2n) is 7.15. The Labute approximate surface area is 193 Å². The number of unbranched alkanes of at least 4 members (excludes halogenated alkanes) is 1. The summed E-state index contributed by atoms with van der Waals surface area (Å²) in [6.45, 7) is 2.10. The Morgan fingerprint density at radius 3 is 2.81 bits per heavy atom. The fourth-order valence-electron chi connectivity index (χ4n) is 3.26. The molecular formula is C22H20Cl2N6O2. The molecule has 2 aromatic heterocycles. The number of aryl methyl sites for hydroxylation is 1. The van der Waals surface area contributed by atoms with E-state index in [1.165, 1.54) is 6.33 Å². The van der Waals surface area contributed by atoms with Gasteiger partial charge in [0, 0.05) is 6.07 Å². The van der Waals surface area contributed by atoms with Crippen molar-refractivity contribution < 1.29 is 4.79 Å². The molecule has 10 heteroatoms. The molecule has 0 aliphatic rings. The minimum Gasteiger partial charge on any atom is -0.313 e. The standard InChI is InChI=1S/C22H20Cl2N6O2/c1-2-3-5-13-10-19(28-22(32)27-17-7-4-6-16(23)20(17)24)30(29-13)14-8-9-15-18(11-14)25-12-26-21(15)31/h4,6-12H,2-3,5H2,1H3,(H,25,26,31)(H2,27,28,32). The van der Waals surface area contributed by atoms with Crippen molar-refractivity contribution in [3.63, 3.8) is 0 Å². The highest BCUT2D eigenvalue weighted by Crippen LogP contribution is 2.29. The van der Waals surface area contributed by atoms with Crippen LogP contribution >= 0.6 is 23.2 Å². The molecule has 0 spiro atoms. The average molecular weight is 471 g/mol. The summed E-state index contributed by atoms with van der Waals surface area (Å²) in [6, 6.07) is 11.5. The average Bonchev–Trinajstić information content (AvgIpc) is 3.17. The van der Waals surface area contributed by atoms with Gasteiger partial charge < -0.3 is 10.3 Å². The molecule has 4 aromatic rings. The van der Waals surface area contributed by atoms with Gasteiger partial charge >= 0.3 is 6.03 Å². The van der Waals surface area contributed by atoms with Crippen molar-refractivity contribution in [3.8, 4) is 5.69 Å². The van der Waals surface area contributed by atoms with Crippen LogP contribution in [0.4, 0.5) is 16.3 Å². The van der Waals surface area contributed by atoms with E-state index in [1.807, 2.05) is 6.07 Å². The predicted octanol–water partition coefficient (Wildman–Crippen LogP) is 5.40. The lowest BCUT2D eigenvalue weighted by Gasteiger charge is -2.11. The van der Waals surface area contributed by atoms with Crippen molar-refractivity contribution in [2.24, 2.45) is 0 Å². The fraction of sp³-hybridized carbons (Fsp3) is 0.182. The van der Waals surface area contributed by atoms with Crippen molar-refractivity contribution in [2.75, 3.05) is 10.6 Å². The number of aromatic nitrogens is 4. The van der Waals surface area contributed by atoms with Gasteiger partial charge in [-0.05, 0) is 43.2 Å². The molecule has 0 saturated heterocycles. The molecule has 0 fully saturated rings. The van der Waals surface area contributed by atoms with E-state index in [0.717, 1.165) is 25.0 Å². The summed E-state index contributed by atoms with van der Waals surface area (Å²) in [4.78, 5) is 31.5. The number of nitrogens with zero attached hydrogens (tertiary/aromatic N) is 3. The van der Waals surface area contributed by atoms with Crippen molar-refractivity contribution >= 4 is 51.6 Å². The number of fused-ring (bicyclic) bond motifs is 1. The normalized spacial score (nSPS) is 11.0. The minimum atomic E-state index is -0.493. The maximum atomic E-state index is 12.7. The highest BCUT2D eigenvalue weighted by Gasteiger charge is 2.15. The van der Waals surface area contributed by atoms with E-state index in [0.29, 0.717) is 33.1 Å². The number of urea groups is 1. The van der Waals surface area contributed by atoms with E-state index in [2.05, 4.69) is 32.6 Å². The van der Waals surface area contributed by atoms with Crippen LogP contribution in [0, 0.1) is 0 Å². The second kappa shape index (κ2) is 9.42. The highest BCUT2D eigenvalue weighted by molar-refractivity contribution is 6.44. The van der Waals surface area contributed by atoms with Gasteiger partial charge in [0.25, 0.3) is 5.56 Å². The lowest BCUT2D eigenvalue weighted by atomic mass is 10.2. The van der Waals surface area contributed by atoms with E-state index in [4.69, 9.17) is 23.2 Å². The predicted molar refractivity (Wildman–Crippen MR) is 127 cm³/mol. The number of rotatable bonds is 6. The third-order valence-corrected chi connectivity index (χ3v) is 5.68. The first kappa shape index (κ1) is 21.9. The molecule has 8 nitrogen and oxygen atoms in total. The molecule has 0 aliphatic carbocycles. The minimum absolute atomic E-state index is 0.221. The molecule has 0 bridgehead atoms. The zero-order chi connectivity index (χ0) is 22.7. The summed E-state index contributed by atoms with van der Waals surface area (Å²) in [5, 5.41) is 11.2. The molecule has 0 atom stereocenters. The Kier molecular flexibility index (Phi) is 6.43. The lowest BCUT2D eigenvalue weighted by molar-refractivity contribution is 0.262. The van der Waals surface area contributed by atoms with E-state index in [-0.39, 0.29) is 10.6 Å². The van der Waals surface area contributed by atoms with Crippen LogP contribution in [-0.2, 0) is 6.42 Å². The first-order valence-corrected chi connectivity index (χ1v) is 10.8. The van der Waals surface area contributed by atoms with Crippen molar-refractivity contribution in [2.45, 2.75) is 26.2 Å². The largest absolute Gasteiger partial charge is 0.324 e. The number of carbonyl (C=O) groups excluding carboxylic acids is 1. The van der Waals surface area contributed by atoms with Gasteiger partial charge in [0.15, 0.2) is 0 Å². The molecule has 0 radical (unpaired) electrons. The monoisotopic (exact) mass is 470 g/mol. The van der Waals surface area contributed by atoms with E-state index < -0.39 is 6.03 Å². The Morgan fingerprint density at radius 1 is 1.16 bits per heavy atom. The molecule has 2 amide bonds. The fourth-order valence-corrected chi connectivity index (χ4v) is 3.60. The summed E-state index contributed by atoms with van der Waals surface area (Å²) in [5.41, 5.74) is 2.19. The van der Waals surface area contributed by atoms with E-state index >= 15 is 0 Å². The van der Waals surface area contributed by atoms with Crippen LogP contribution in [0.5, 0.6) is 0 Å². The summed E-state index contributed by atoms with van der Waals surface area (Å²) in [7, 11) is 0. The highest BCUT2D eigenvalue weighted by atomic mass is 35.5. The van der Waals surface area contributed by atoms with Gasteiger partial charge in [-0.25, -0.2) is 14.5 Å². The number of hydrogen-bond donors (Lipinski definition) is 3. The van der Waals surface area contributed by atoms with Crippen LogP contribution in [0.3, 0.4) is 0 Å². The molecule has 2 aromatic carbocycles. The van der Waals surface area contributed by atoms with Crippen LogP contribution < -0.4 is 16.2 Å². The van der Waals surface area contributed by atoms with Crippen molar-refractivity contribution in [1.29, 1.82) is 0 Å². The molecule has 0 saturated carbocycles. The Hall–Kier alpha value is -3.36. The van der Waals surface area contributed by atoms with Crippen LogP contribution in [0.1, 0.15) is 25.5 Å². The van der Waals surface area contributed by atoms with Crippen LogP contribution in [-0.4, -0.2) is 25.8 Å². The number of anilines is 2. The molecule has 164 valence electrons. The van der Waals surface area contributed by atoms with Gasteiger partial charge in [-0.3, -0.25) is 10.1 Å². The Bertz CT molecular complexity index is 1350. The molecule has 2 heterocycles. The van der Waals surface area contributed by atoms with Crippen molar-refractivity contribution in [3.05, 3.63) is 74.9 Å². The SMILES string of the molecule is CCCCc1cc(NC(=O)Nc2cccc(Cl)c2Cl)n(-c2ccc3c(=O)[nH]cnc3c2)n1. The topological polar surface area (TPSA) is 105 Å². The molecular weight excluding hydrogens is 451 g/mol. The molecule has 0 unspecified atom stereocenters. The summed E-state index contributed by atoms with van der Waals surface area (Å²) >= 11 is 12.2. The zero-order valence-electron chi connectivity index (χ0n) is 17.2. The number of H-pyrrole nitrogens is 1. The van der Waals surface area contributed by atoms with E-state index in [9.17, 15) is 9.59 Å². The Morgan fingerprint density at radius 2 is 2.00 bits per heavy atom. The van der Waals surface area contributed by atoms with Crippen LogP contribution in [0.2, 0.25) is 10.0 Å². The van der Waals surface area contributed by atoms with Gasteiger partial charge in [-0.15, -0.1) is 0 Å². The first-order chi connectivity index (χ1) is 15.5. The molecule has 0 aliphatic heterocycles. The maximum absolute atomic E-state index is 12.7. The number of benzene rings is 2. The van der Waals surface area contributed by atoms with E-state index in [1.54, 1.807) is 41.1 Å². The number of nitrogens with one attached hydrogen (secondary N) is 3. The number of amides is 2. The number of hydrogen-bond acceptors (Lipinski definition) is 4. The zero-order valence-corrected chi connectivity index (χ0v) is 18.7. The van der Waals surface area contributed by atoms with Gasteiger partial charge in [-0.2, -0.15) is 5.10 Å². The Balaban J connectivity index is 1.67. The number of halogens is 2. The maximum Gasteiger partial charge on any atom is 0.324 e. The van der Waals surface area contributed by atoms with Gasteiger partial charge in [-0.1, -0.05) is 42.6 Å². The van der Waals surface area contributed by atoms with Gasteiger partial charge in [0.2, 0.25) is 0 Å². The van der Waals surface area contributed by atoms with Crippen molar-refractivity contribution in [1.82, 2.24) is 19.7 Å². The third-order valence-electron chi connectivity index (χ3n) is 4.86. The number of carbonyl (C=O) groups is 1. The summed E-state index contributed by atoms with van der Waals surface area (Å²) in [5.74, 6) is 0.468. The molecule has 3 N–H and O–H groups in total. The molecule has 32 heavy (non-hydrogen) atoms. The molecule has 4 rings (SSSR count). The quantitative estimate of drug-likeness (QED) is 0.350. The lowest BCUT2D eigenvalue weighted by Crippen LogP contribution is -2.21. The summed E-state index contributed by atoms with van der Waals surface area (Å²) in [6.07, 6.45) is 4.11. The van der Waals surface area contributed by atoms with Crippen LogP contribution in [0.25, 0.3) is 16.6 Å². The third kappa shape index (κ3) is 4.61. The van der Waals surface area contributed by atoms with Crippen LogP contribution in [0.15, 0.2) is 53.6 Å². The van der Waals surface area contributed by atoms with Gasteiger partial charge in [0.1, 0.15) is 5.82 Å². The first-order valence-electron chi connectivity index (χ1n) is 10.0. The number of aromatic amines is 1. The summed E-state index contributed by atoms with van der Waals surface area (Å²) < 4.78 is 1.62. The van der Waals surface area contributed by atoms with Gasteiger partial charge in [0.05, 0.1) is 44.3 Å². The second-order valence-corrected chi connectivity index (χ2v) is 7.94. The smallest absolute Gasteiger partial charge is 0.313 e.